The zero-order chi connectivity index (χ0) is 20.1. The first-order chi connectivity index (χ1) is 13.4. The molecule has 5 nitrogen and oxygen atoms in total. The molecule has 0 radical (unpaired) electrons. The van der Waals surface area contributed by atoms with Crippen molar-refractivity contribution in [2.75, 3.05) is 13.2 Å². The van der Waals surface area contributed by atoms with Gasteiger partial charge in [0.15, 0.2) is 0 Å². The minimum atomic E-state index is -0.0952. The van der Waals surface area contributed by atoms with E-state index >= 15 is 0 Å². The predicted octanol–water partition coefficient (Wildman–Crippen LogP) is 3.97. The minimum absolute atomic E-state index is 0.0952. The van der Waals surface area contributed by atoms with Gasteiger partial charge in [-0.15, -0.1) is 0 Å². The summed E-state index contributed by atoms with van der Waals surface area (Å²) in [6.07, 6.45) is 0. The third-order valence-corrected chi connectivity index (χ3v) is 4.64. The van der Waals surface area contributed by atoms with Crippen LogP contribution in [0.25, 0.3) is 0 Å². The summed E-state index contributed by atoms with van der Waals surface area (Å²) >= 11 is 0. The van der Waals surface area contributed by atoms with Crippen molar-refractivity contribution in [3.63, 3.8) is 0 Å². The molecule has 28 heavy (non-hydrogen) atoms. The fourth-order valence-corrected chi connectivity index (χ4v) is 3.06. The van der Waals surface area contributed by atoms with Gasteiger partial charge in [-0.2, -0.15) is 5.10 Å². The number of benzene rings is 2. The molecule has 1 aromatic heterocycles. The summed E-state index contributed by atoms with van der Waals surface area (Å²) in [6.45, 7) is 9.67. The lowest BCUT2D eigenvalue weighted by molar-refractivity contribution is 0.0947. The third-order valence-electron chi connectivity index (χ3n) is 4.64. The molecule has 0 bridgehead atoms. The molecule has 1 heterocycles. The van der Waals surface area contributed by atoms with Crippen molar-refractivity contribution < 1.29 is 9.53 Å². The van der Waals surface area contributed by atoms with Crippen molar-refractivity contribution in [1.29, 1.82) is 0 Å². The number of aryl methyl sites for hydroxylation is 4. The molecule has 2 aromatic carbocycles. The molecule has 1 amide bonds. The Bertz CT molecular complexity index is 958. The van der Waals surface area contributed by atoms with Crippen LogP contribution in [0.5, 0.6) is 5.75 Å². The van der Waals surface area contributed by atoms with Crippen LogP contribution >= 0.6 is 0 Å². The van der Waals surface area contributed by atoms with Crippen molar-refractivity contribution in [3.05, 3.63) is 82.2 Å². The van der Waals surface area contributed by atoms with Gasteiger partial charge in [-0.25, -0.2) is 0 Å². The van der Waals surface area contributed by atoms with Crippen LogP contribution in [-0.2, 0) is 6.54 Å². The molecule has 0 saturated carbocycles. The van der Waals surface area contributed by atoms with Crippen molar-refractivity contribution in [3.8, 4) is 5.75 Å². The smallest absolute Gasteiger partial charge is 0.251 e. The molecular formula is C23H27N3O2. The predicted molar refractivity (Wildman–Crippen MR) is 111 cm³/mol. The summed E-state index contributed by atoms with van der Waals surface area (Å²) in [5.74, 6) is 0.769. The maximum atomic E-state index is 12.3. The molecule has 0 saturated heterocycles. The van der Waals surface area contributed by atoms with E-state index in [0.717, 1.165) is 33.8 Å². The average molecular weight is 377 g/mol. The van der Waals surface area contributed by atoms with Crippen LogP contribution in [-0.4, -0.2) is 28.8 Å². The SMILES string of the molecule is Cc1ccc(C)c(OCCNC(=O)c2ccc(Cn3nc(C)cc3C)cc2)c1. The van der Waals surface area contributed by atoms with E-state index in [2.05, 4.69) is 22.5 Å². The summed E-state index contributed by atoms with van der Waals surface area (Å²) in [5, 5.41) is 7.38. The quantitative estimate of drug-likeness (QED) is 0.634. The standard InChI is InChI=1S/C23H27N3O2/c1-16-5-6-17(2)22(13-16)28-12-11-24-23(27)21-9-7-20(8-10-21)15-26-19(4)14-18(3)25-26/h5-10,13-14H,11-12,15H2,1-4H3,(H,24,27). The van der Waals surface area contributed by atoms with E-state index in [0.29, 0.717) is 25.3 Å². The molecule has 3 aromatic rings. The van der Waals surface area contributed by atoms with E-state index in [1.54, 1.807) is 0 Å². The molecule has 5 heteroatoms. The Hall–Kier alpha value is -3.08. The molecule has 0 atom stereocenters. The van der Waals surface area contributed by atoms with Crippen LogP contribution in [0.15, 0.2) is 48.5 Å². The van der Waals surface area contributed by atoms with E-state index in [9.17, 15) is 4.79 Å². The molecule has 146 valence electrons. The van der Waals surface area contributed by atoms with Crippen LogP contribution in [0.2, 0.25) is 0 Å². The van der Waals surface area contributed by atoms with Gasteiger partial charge in [0.05, 0.1) is 18.8 Å². The zero-order valence-corrected chi connectivity index (χ0v) is 17.0. The van der Waals surface area contributed by atoms with Crippen LogP contribution in [0, 0.1) is 27.7 Å². The molecule has 0 unspecified atom stereocenters. The number of hydrogen-bond acceptors (Lipinski definition) is 3. The summed E-state index contributed by atoms with van der Waals surface area (Å²) in [4.78, 5) is 12.3. The first-order valence-corrected chi connectivity index (χ1v) is 9.50. The Kier molecular flexibility index (Phi) is 6.14. The number of nitrogens with one attached hydrogen (secondary N) is 1. The number of hydrogen-bond donors (Lipinski definition) is 1. The van der Waals surface area contributed by atoms with Gasteiger partial charge in [0.2, 0.25) is 0 Å². The number of nitrogens with zero attached hydrogens (tertiary/aromatic N) is 2. The maximum Gasteiger partial charge on any atom is 0.251 e. The zero-order valence-electron chi connectivity index (χ0n) is 17.0. The molecule has 0 fully saturated rings. The summed E-state index contributed by atoms with van der Waals surface area (Å²) in [6, 6.07) is 15.8. The van der Waals surface area contributed by atoms with Gasteiger partial charge >= 0.3 is 0 Å². The highest BCUT2D eigenvalue weighted by atomic mass is 16.5. The van der Waals surface area contributed by atoms with Crippen LogP contribution in [0.4, 0.5) is 0 Å². The van der Waals surface area contributed by atoms with Crippen LogP contribution in [0.3, 0.4) is 0 Å². The van der Waals surface area contributed by atoms with Crippen molar-refractivity contribution in [2.45, 2.75) is 34.2 Å². The maximum absolute atomic E-state index is 12.3. The highest BCUT2D eigenvalue weighted by Crippen LogP contribution is 2.18. The van der Waals surface area contributed by atoms with E-state index < -0.39 is 0 Å². The second-order valence-electron chi connectivity index (χ2n) is 7.15. The minimum Gasteiger partial charge on any atom is -0.491 e. The van der Waals surface area contributed by atoms with Crippen molar-refractivity contribution in [1.82, 2.24) is 15.1 Å². The molecule has 3 rings (SSSR count). The lowest BCUT2D eigenvalue weighted by Crippen LogP contribution is -2.28. The lowest BCUT2D eigenvalue weighted by Gasteiger charge is -2.11. The average Bonchev–Trinajstić information content (AvgIpc) is 2.98. The molecule has 0 aliphatic rings. The fraction of sp³-hybridized carbons (Fsp3) is 0.304. The van der Waals surface area contributed by atoms with Gasteiger partial charge in [0.25, 0.3) is 5.91 Å². The van der Waals surface area contributed by atoms with E-state index in [-0.39, 0.29) is 5.91 Å². The van der Waals surface area contributed by atoms with Crippen LogP contribution in [0.1, 0.15) is 38.4 Å². The molecule has 0 spiro atoms. The van der Waals surface area contributed by atoms with Gasteiger partial charge in [-0.1, -0.05) is 24.3 Å². The topological polar surface area (TPSA) is 56.1 Å². The number of amides is 1. The Labute approximate surface area is 166 Å². The van der Waals surface area contributed by atoms with Crippen molar-refractivity contribution in [2.24, 2.45) is 0 Å². The molecule has 0 aliphatic carbocycles. The number of rotatable bonds is 7. The second-order valence-corrected chi connectivity index (χ2v) is 7.15. The normalized spacial score (nSPS) is 10.7. The Morgan fingerprint density at radius 2 is 1.79 bits per heavy atom. The van der Waals surface area contributed by atoms with Crippen LogP contribution < -0.4 is 10.1 Å². The largest absolute Gasteiger partial charge is 0.491 e. The van der Waals surface area contributed by atoms with Gasteiger partial charge in [0.1, 0.15) is 12.4 Å². The Morgan fingerprint density at radius 3 is 2.46 bits per heavy atom. The number of ether oxygens (including phenoxy) is 1. The highest BCUT2D eigenvalue weighted by Gasteiger charge is 2.07. The van der Waals surface area contributed by atoms with E-state index in [1.807, 2.05) is 68.8 Å². The number of aromatic nitrogens is 2. The number of carbonyl (C=O) groups is 1. The lowest BCUT2D eigenvalue weighted by atomic mass is 10.1. The molecular weight excluding hydrogens is 350 g/mol. The molecule has 0 aliphatic heterocycles. The van der Waals surface area contributed by atoms with E-state index in [1.165, 1.54) is 0 Å². The molecule has 1 N–H and O–H groups in total. The summed E-state index contributed by atoms with van der Waals surface area (Å²) < 4.78 is 7.75. The van der Waals surface area contributed by atoms with E-state index in [4.69, 9.17) is 4.74 Å². The fourth-order valence-electron chi connectivity index (χ4n) is 3.06. The summed E-state index contributed by atoms with van der Waals surface area (Å²) in [7, 11) is 0. The summed E-state index contributed by atoms with van der Waals surface area (Å²) in [5.41, 5.74) is 6.14. The van der Waals surface area contributed by atoms with Gasteiger partial charge < -0.3 is 10.1 Å². The van der Waals surface area contributed by atoms with Crippen molar-refractivity contribution >= 4 is 5.91 Å². The number of carbonyl (C=O) groups excluding carboxylic acids is 1. The first kappa shape index (κ1) is 19.7. The Balaban J connectivity index is 1.49. The third kappa shape index (κ3) is 5.00. The highest BCUT2D eigenvalue weighted by molar-refractivity contribution is 5.94. The second kappa shape index (κ2) is 8.74. The first-order valence-electron chi connectivity index (χ1n) is 9.50. The monoisotopic (exact) mass is 377 g/mol. The van der Waals surface area contributed by atoms with Gasteiger partial charge in [0, 0.05) is 11.3 Å². The van der Waals surface area contributed by atoms with Gasteiger partial charge in [-0.05, 0) is 68.7 Å². The van der Waals surface area contributed by atoms with Gasteiger partial charge in [-0.3, -0.25) is 9.48 Å². The Morgan fingerprint density at radius 1 is 1.04 bits per heavy atom.